The first kappa shape index (κ1) is 15.0. The van der Waals surface area contributed by atoms with Crippen LogP contribution in [0.3, 0.4) is 0 Å². The fourth-order valence-electron chi connectivity index (χ4n) is 1.83. The minimum atomic E-state index is -3.61. The fraction of sp³-hybridized carbons (Fsp3) is 0.154. The second kappa shape index (κ2) is 5.51. The Labute approximate surface area is 127 Å². The van der Waals surface area contributed by atoms with E-state index in [1.165, 1.54) is 11.3 Å². The van der Waals surface area contributed by atoms with Gasteiger partial charge in [-0.3, -0.25) is 4.72 Å². The van der Waals surface area contributed by atoms with Gasteiger partial charge < -0.3 is 5.73 Å². The highest BCUT2D eigenvalue weighted by Crippen LogP contribution is 2.26. The average Bonchev–Trinajstić information content (AvgIpc) is 2.75. The summed E-state index contributed by atoms with van der Waals surface area (Å²) in [7, 11) is -3.61. The lowest BCUT2D eigenvalue weighted by Gasteiger charge is -2.13. The van der Waals surface area contributed by atoms with Crippen molar-refractivity contribution in [2.45, 2.75) is 18.1 Å². The van der Waals surface area contributed by atoms with E-state index in [0.29, 0.717) is 11.3 Å². The number of nitrogens with one attached hydrogen (secondary N) is 1. The minimum Gasteiger partial charge on any atom is -0.389 e. The van der Waals surface area contributed by atoms with Crippen LogP contribution in [-0.2, 0) is 10.0 Å². The van der Waals surface area contributed by atoms with Crippen LogP contribution in [0.1, 0.15) is 16.0 Å². The van der Waals surface area contributed by atoms with E-state index in [1.807, 2.05) is 19.9 Å². The first-order chi connectivity index (χ1) is 9.31. The summed E-state index contributed by atoms with van der Waals surface area (Å²) in [5, 5.41) is 0. The van der Waals surface area contributed by atoms with Crippen molar-refractivity contribution in [3.05, 3.63) is 46.3 Å². The quantitative estimate of drug-likeness (QED) is 0.848. The molecule has 0 amide bonds. The van der Waals surface area contributed by atoms with Gasteiger partial charge in [-0.2, -0.15) is 0 Å². The fourth-order valence-corrected chi connectivity index (χ4v) is 4.46. The Hall–Kier alpha value is -1.44. The van der Waals surface area contributed by atoms with E-state index in [4.69, 9.17) is 18.0 Å². The Bertz CT molecular complexity index is 764. The number of thiophene rings is 1. The third-order valence-corrected chi connectivity index (χ3v) is 5.81. The van der Waals surface area contributed by atoms with Gasteiger partial charge in [-0.15, -0.1) is 11.3 Å². The third kappa shape index (κ3) is 3.00. The number of thiocarbonyl (C=S) groups is 1. The molecule has 106 valence electrons. The van der Waals surface area contributed by atoms with Crippen LogP contribution in [0.15, 0.2) is 34.5 Å². The Morgan fingerprint density at radius 2 is 1.95 bits per heavy atom. The van der Waals surface area contributed by atoms with Crippen molar-refractivity contribution >= 4 is 44.3 Å². The molecule has 0 unspecified atom stereocenters. The van der Waals surface area contributed by atoms with Gasteiger partial charge in [0.15, 0.2) is 0 Å². The molecule has 1 heterocycles. The number of aryl methyl sites for hydroxylation is 2. The van der Waals surface area contributed by atoms with E-state index in [-0.39, 0.29) is 9.20 Å². The van der Waals surface area contributed by atoms with Crippen LogP contribution in [0.2, 0.25) is 0 Å². The summed E-state index contributed by atoms with van der Waals surface area (Å²) in [6.45, 7) is 3.69. The molecule has 1 aromatic carbocycles. The molecule has 1 aromatic heterocycles. The van der Waals surface area contributed by atoms with Gasteiger partial charge in [0.05, 0.1) is 5.69 Å². The molecular weight excluding hydrogens is 312 g/mol. The molecule has 0 aliphatic heterocycles. The molecule has 2 aromatic rings. The molecule has 0 aliphatic carbocycles. The Morgan fingerprint density at radius 3 is 2.50 bits per heavy atom. The minimum absolute atomic E-state index is 0.170. The van der Waals surface area contributed by atoms with Crippen molar-refractivity contribution in [3.8, 4) is 0 Å². The van der Waals surface area contributed by atoms with Gasteiger partial charge in [-0.05, 0) is 37.6 Å². The van der Waals surface area contributed by atoms with Crippen LogP contribution in [0, 0.1) is 13.8 Å². The number of rotatable bonds is 4. The number of hydrogen-bond acceptors (Lipinski definition) is 4. The number of sulfonamides is 1. The van der Waals surface area contributed by atoms with E-state index in [2.05, 4.69) is 4.72 Å². The largest absolute Gasteiger partial charge is 0.389 e. The predicted octanol–water partition coefficient (Wildman–Crippen LogP) is 2.80. The second-order valence-corrected chi connectivity index (χ2v) is 7.97. The summed E-state index contributed by atoms with van der Waals surface area (Å²) in [4.78, 5) is 1.10. The monoisotopic (exact) mass is 326 g/mol. The molecule has 0 atom stereocenters. The maximum atomic E-state index is 12.3. The molecule has 2 rings (SSSR count). The topological polar surface area (TPSA) is 72.2 Å². The van der Waals surface area contributed by atoms with Crippen molar-refractivity contribution in [2.75, 3.05) is 4.72 Å². The summed E-state index contributed by atoms with van der Waals surface area (Å²) in [6.07, 6.45) is 0. The van der Waals surface area contributed by atoms with E-state index >= 15 is 0 Å². The van der Waals surface area contributed by atoms with Gasteiger partial charge in [-0.25, -0.2) is 8.42 Å². The summed E-state index contributed by atoms with van der Waals surface area (Å²) in [5.74, 6) is 0. The van der Waals surface area contributed by atoms with Crippen LogP contribution >= 0.6 is 23.6 Å². The SMILES string of the molecule is Cc1ccc(S(=O)(=O)Nc2cccc(C)c2C(N)=S)s1. The lowest BCUT2D eigenvalue weighted by molar-refractivity contribution is 0.603. The molecule has 0 fully saturated rings. The first-order valence-electron chi connectivity index (χ1n) is 5.80. The normalized spacial score (nSPS) is 11.3. The molecule has 20 heavy (non-hydrogen) atoms. The molecule has 4 nitrogen and oxygen atoms in total. The zero-order chi connectivity index (χ0) is 14.9. The molecule has 0 aliphatic rings. The molecule has 0 saturated carbocycles. The summed E-state index contributed by atoms with van der Waals surface area (Å²) in [5.41, 5.74) is 7.47. The molecule has 3 N–H and O–H groups in total. The lowest BCUT2D eigenvalue weighted by Crippen LogP contribution is -2.18. The van der Waals surface area contributed by atoms with Crippen LogP contribution in [-0.4, -0.2) is 13.4 Å². The van der Waals surface area contributed by atoms with Crippen molar-refractivity contribution in [3.63, 3.8) is 0 Å². The Balaban J connectivity index is 2.45. The average molecular weight is 326 g/mol. The van der Waals surface area contributed by atoms with E-state index < -0.39 is 10.0 Å². The van der Waals surface area contributed by atoms with Crippen molar-refractivity contribution in [1.29, 1.82) is 0 Å². The molecule has 0 bridgehead atoms. The number of anilines is 1. The van der Waals surface area contributed by atoms with Gasteiger partial charge in [0.1, 0.15) is 9.20 Å². The van der Waals surface area contributed by atoms with Crippen LogP contribution in [0.5, 0.6) is 0 Å². The van der Waals surface area contributed by atoms with Gasteiger partial charge in [0.2, 0.25) is 0 Å². The molecule has 0 radical (unpaired) electrons. The maximum Gasteiger partial charge on any atom is 0.271 e. The summed E-state index contributed by atoms with van der Waals surface area (Å²) < 4.78 is 27.5. The molecular formula is C13H14N2O2S3. The second-order valence-electron chi connectivity index (χ2n) is 4.33. The first-order valence-corrected chi connectivity index (χ1v) is 8.51. The van der Waals surface area contributed by atoms with E-state index in [1.54, 1.807) is 24.3 Å². The van der Waals surface area contributed by atoms with Crippen LogP contribution in [0.25, 0.3) is 0 Å². The Morgan fingerprint density at radius 1 is 1.25 bits per heavy atom. The van der Waals surface area contributed by atoms with Crippen molar-refractivity contribution < 1.29 is 8.42 Å². The standard InChI is InChI=1S/C13H14N2O2S3/c1-8-4-3-5-10(12(8)13(14)18)15-20(16,17)11-7-6-9(2)19-11/h3-7,15H,1-2H3,(H2,14,18). The molecule has 0 spiro atoms. The summed E-state index contributed by atoms with van der Waals surface area (Å²) in [6, 6.07) is 8.60. The number of hydrogen-bond donors (Lipinski definition) is 2. The van der Waals surface area contributed by atoms with Crippen LogP contribution < -0.4 is 10.5 Å². The third-order valence-electron chi connectivity index (χ3n) is 2.74. The van der Waals surface area contributed by atoms with E-state index in [9.17, 15) is 8.42 Å². The highest BCUT2D eigenvalue weighted by atomic mass is 32.2. The van der Waals surface area contributed by atoms with Gasteiger partial charge >= 0.3 is 0 Å². The van der Waals surface area contributed by atoms with Crippen LogP contribution in [0.4, 0.5) is 5.69 Å². The maximum absolute atomic E-state index is 12.3. The zero-order valence-electron chi connectivity index (χ0n) is 11.0. The number of benzene rings is 1. The highest BCUT2D eigenvalue weighted by molar-refractivity contribution is 7.94. The number of nitrogens with two attached hydrogens (primary N) is 1. The molecule has 7 heteroatoms. The lowest BCUT2D eigenvalue weighted by atomic mass is 10.1. The van der Waals surface area contributed by atoms with Gasteiger partial charge in [-0.1, -0.05) is 24.4 Å². The highest BCUT2D eigenvalue weighted by Gasteiger charge is 2.19. The summed E-state index contributed by atoms with van der Waals surface area (Å²) >= 11 is 6.21. The van der Waals surface area contributed by atoms with Gasteiger partial charge in [0.25, 0.3) is 10.0 Å². The van der Waals surface area contributed by atoms with E-state index in [0.717, 1.165) is 10.4 Å². The smallest absolute Gasteiger partial charge is 0.271 e. The molecule has 0 saturated heterocycles. The van der Waals surface area contributed by atoms with Gasteiger partial charge in [0, 0.05) is 10.4 Å². The predicted molar refractivity (Wildman–Crippen MR) is 86.9 cm³/mol. The van der Waals surface area contributed by atoms with Crippen molar-refractivity contribution in [2.24, 2.45) is 5.73 Å². The Kier molecular flexibility index (Phi) is 4.12. The van der Waals surface area contributed by atoms with Crippen molar-refractivity contribution in [1.82, 2.24) is 0 Å². The zero-order valence-corrected chi connectivity index (χ0v) is 13.5.